The number of hydrazine groups is 1. The van der Waals surface area contributed by atoms with Crippen molar-refractivity contribution in [2.75, 3.05) is 10.7 Å². The van der Waals surface area contributed by atoms with Crippen LogP contribution < -0.4 is 16.2 Å². The maximum Gasteiger partial charge on any atom is 0.416 e. The average molecular weight is 370 g/mol. The first-order valence-corrected chi connectivity index (χ1v) is 7.44. The van der Waals surface area contributed by atoms with Gasteiger partial charge in [0.05, 0.1) is 10.5 Å². The highest BCUT2D eigenvalue weighted by Crippen LogP contribution is 2.33. The van der Waals surface area contributed by atoms with Crippen molar-refractivity contribution in [3.05, 3.63) is 46.3 Å². The Morgan fingerprint density at radius 2 is 1.62 bits per heavy atom. The number of anilines is 3. The summed E-state index contributed by atoms with van der Waals surface area (Å²) in [5, 5.41) is 14.1. The predicted octanol–water partition coefficient (Wildman–Crippen LogP) is 3.86. The van der Waals surface area contributed by atoms with Crippen molar-refractivity contribution >= 4 is 23.0 Å². The van der Waals surface area contributed by atoms with E-state index in [4.69, 9.17) is 0 Å². The molecule has 1 aromatic carbocycles. The Hall–Kier alpha value is -2.95. The summed E-state index contributed by atoms with van der Waals surface area (Å²) >= 11 is 0. The predicted molar refractivity (Wildman–Crippen MR) is 89.9 cm³/mol. The van der Waals surface area contributed by atoms with E-state index in [0.717, 1.165) is 30.6 Å². The van der Waals surface area contributed by atoms with Crippen LogP contribution in [0.3, 0.4) is 0 Å². The number of nitrogens with one attached hydrogen (secondary N) is 3. The molecule has 26 heavy (non-hydrogen) atoms. The summed E-state index contributed by atoms with van der Waals surface area (Å²) < 4.78 is 37.8. The number of alkyl halides is 3. The van der Waals surface area contributed by atoms with Crippen LogP contribution in [-0.4, -0.2) is 20.4 Å². The molecule has 0 atom stereocenters. The van der Waals surface area contributed by atoms with Crippen molar-refractivity contribution in [3.8, 4) is 0 Å². The van der Waals surface area contributed by atoms with Gasteiger partial charge in [-0.3, -0.25) is 15.5 Å². The van der Waals surface area contributed by atoms with E-state index in [9.17, 15) is 23.3 Å². The fourth-order valence-corrected chi connectivity index (χ4v) is 1.86. The van der Waals surface area contributed by atoms with Gasteiger partial charge < -0.3 is 5.32 Å². The quantitative estimate of drug-likeness (QED) is 0.542. The van der Waals surface area contributed by atoms with Crippen LogP contribution in [0.25, 0.3) is 0 Å². The second-order valence-electron chi connectivity index (χ2n) is 6.38. The number of hydrogen-bond donors (Lipinski definition) is 3. The minimum Gasteiger partial charge on any atom is -0.334 e. The molecule has 3 N–H and O–H groups in total. The first-order chi connectivity index (χ1) is 12.0. The Kier molecular flexibility index (Phi) is 5.30. The topological polar surface area (TPSA) is 105 Å². The number of aromatic nitrogens is 2. The van der Waals surface area contributed by atoms with Crippen LogP contribution >= 0.6 is 0 Å². The molecule has 0 aliphatic rings. The molecule has 11 heteroatoms. The number of nitrogens with zero attached hydrogens (tertiary/aromatic N) is 3. The third kappa shape index (κ3) is 5.02. The maximum absolute atomic E-state index is 12.6. The highest BCUT2D eigenvalue weighted by atomic mass is 19.4. The van der Waals surface area contributed by atoms with Gasteiger partial charge in [-0.15, -0.1) is 0 Å². The van der Waals surface area contributed by atoms with Crippen molar-refractivity contribution in [1.82, 2.24) is 15.4 Å². The SMILES string of the molecule is CC(C)(C)NNc1ncnc(Nc2ccc(C(F)(F)F)cc2)c1[N+](=O)[O-]. The van der Waals surface area contributed by atoms with Gasteiger partial charge in [0.1, 0.15) is 6.33 Å². The molecule has 0 amide bonds. The molecule has 140 valence electrons. The second kappa shape index (κ2) is 7.12. The van der Waals surface area contributed by atoms with Gasteiger partial charge in [-0.1, -0.05) is 0 Å². The van der Waals surface area contributed by atoms with Crippen molar-refractivity contribution in [3.63, 3.8) is 0 Å². The van der Waals surface area contributed by atoms with Crippen molar-refractivity contribution in [2.24, 2.45) is 0 Å². The molecule has 2 rings (SSSR count). The molecule has 0 saturated heterocycles. The van der Waals surface area contributed by atoms with Crippen molar-refractivity contribution < 1.29 is 18.1 Å². The van der Waals surface area contributed by atoms with Crippen LogP contribution in [0.5, 0.6) is 0 Å². The summed E-state index contributed by atoms with van der Waals surface area (Å²) in [5.74, 6) is -0.225. The Labute approximate surface area is 147 Å². The minimum atomic E-state index is -4.46. The second-order valence-corrected chi connectivity index (χ2v) is 6.38. The molecular formula is C15H17F3N6O2. The molecule has 0 saturated carbocycles. The molecule has 2 aromatic rings. The van der Waals surface area contributed by atoms with Crippen LogP contribution in [0.1, 0.15) is 26.3 Å². The molecule has 1 aromatic heterocycles. The van der Waals surface area contributed by atoms with Gasteiger partial charge in [-0.2, -0.15) is 13.2 Å². The lowest BCUT2D eigenvalue weighted by Gasteiger charge is -2.21. The molecule has 0 fully saturated rings. The van der Waals surface area contributed by atoms with Crippen LogP contribution in [0.15, 0.2) is 30.6 Å². The van der Waals surface area contributed by atoms with E-state index in [1.165, 1.54) is 0 Å². The summed E-state index contributed by atoms with van der Waals surface area (Å²) in [6, 6.07) is 4.07. The lowest BCUT2D eigenvalue weighted by molar-refractivity contribution is -0.383. The summed E-state index contributed by atoms with van der Waals surface area (Å²) in [6.45, 7) is 5.52. The Balaban J connectivity index is 2.30. The standard InChI is InChI=1S/C15H17F3N6O2/c1-14(2,3)23-22-13-11(24(25)26)12(19-8-20-13)21-10-6-4-9(5-7-10)15(16,17)18/h4-8,23H,1-3H3,(H2,19,20,21,22). The molecule has 8 nitrogen and oxygen atoms in total. The summed E-state index contributed by atoms with van der Waals surface area (Å²) in [4.78, 5) is 18.4. The molecule has 0 bridgehead atoms. The normalized spacial score (nSPS) is 11.9. The summed E-state index contributed by atoms with van der Waals surface area (Å²) in [5.41, 5.74) is 4.07. The van der Waals surface area contributed by atoms with Gasteiger partial charge in [-0.05, 0) is 45.0 Å². The van der Waals surface area contributed by atoms with Crippen LogP contribution in [0.4, 0.5) is 36.2 Å². The van der Waals surface area contributed by atoms with E-state index >= 15 is 0 Å². The van der Waals surface area contributed by atoms with Gasteiger partial charge in [0.25, 0.3) is 0 Å². The molecule has 0 radical (unpaired) electrons. The largest absolute Gasteiger partial charge is 0.416 e. The van der Waals surface area contributed by atoms with Crippen molar-refractivity contribution in [2.45, 2.75) is 32.5 Å². The number of hydrogen-bond acceptors (Lipinski definition) is 7. The number of halogens is 3. The Morgan fingerprint density at radius 1 is 1.04 bits per heavy atom. The Bertz CT molecular complexity index is 787. The van der Waals surface area contributed by atoms with E-state index in [2.05, 4.69) is 26.1 Å². The van der Waals surface area contributed by atoms with Gasteiger partial charge in [0, 0.05) is 11.2 Å². The molecule has 0 aliphatic heterocycles. The van der Waals surface area contributed by atoms with E-state index in [0.29, 0.717) is 0 Å². The van der Waals surface area contributed by atoms with Crippen LogP contribution in [-0.2, 0) is 6.18 Å². The maximum atomic E-state index is 12.6. The lowest BCUT2D eigenvalue weighted by Crippen LogP contribution is -2.40. The average Bonchev–Trinajstić information content (AvgIpc) is 2.51. The molecule has 0 unspecified atom stereocenters. The first-order valence-electron chi connectivity index (χ1n) is 7.44. The monoisotopic (exact) mass is 370 g/mol. The lowest BCUT2D eigenvalue weighted by atomic mass is 10.1. The smallest absolute Gasteiger partial charge is 0.334 e. The highest BCUT2D eigenvalue weighted by Gasteiger charge is 2.30. The fraction of sp³-hybridized carbons (Fsp3) is 0.333. The number of benzene rings is 1. The van der Waals surface area contributed by atoms with Gasteiger partial charge in [0.15, 0.2) is 0 Å². The van der Waals surface area contributed by atoms with Gasteiger partial charge >= 0.3 is 11.9 Å². The fourth-order valence-electron chi connectivity index (χ4n) is 1.86. The molecule has 0 spiro atoms. The molecule has 0 aliphatic carbocycles. The summed E-state index contributed by atoms with van der Waals surface area (Å²) in [7, 11) is 0. The zero-order valence-corrected chi connectivity index (χ0v) is 14.2. The van der Waals surface area contributed by atoms with E-state index < -0.39 is 22.4 Å². The van der Waals surface area contributed by atoms with Crippen LogP contribution in [0.2, 0.25) is 0 Å². The third-order valence-electron chi connectivity index (χ3n) is 3.04. The van der Waals surface area contributed by atoms with Gasteiger partial charge in [-0.25, -0.2) is 15.4 Å². The molecular weight excluding hydrogens is 353 g/mol. The zero-order chi connectivity index (χ0) is 19.5. The zero-order valence-electron chi connectivity index (χ0n) is 14.2. The minimum absolute atomic E-state index is 0.0747. The Morgan fingerprint density at radius 3 is 2.12 bits per heavy atom. The van der Waals surface area contributed by atoms with E-state index in [1.807, 2.05) is 20.8 Å². The number of rotatable bonds is 5. The van der Waals surface area contributed by atoms with E-state index in [1.54, 1.807) is 0 Å². The number of nitro groups is 1. The molecule has 1 heterocycles. The first kappa shape index (κ1) is 19.4. The van der Waals surface area contributed by atoms with E-state index in [-0.39, 0.29) is 22.9 Å². The van der Waals surface area contributed by atoms with Crippen molar-refractivity contribution in [1.29, 1.82) is 0 Å². The van der Waals surface area contributed by atoms with Gasteiger partial charge in [0.2, 0.25) is 11.6 Å². The highest BCUT2D eigenvalue weighted by molar-refractivity contribution is 5.73. The van der Waals surface area contributed by atoms with Crippen LogP contribution in [0, 0.1) is 10.1 Å². The third-order valence-corrected chi connectivity index (χ3v) is 3.04. The summed E-state index contributed by atoms with van der Waals surface area (Å²) in [6.07, 6.45) is -3.36.